The number of fused-ring (bicyclic) bond motifs is 4. The number of alkyl halides is 2. The fraction of sp³-hybridized carbons (Fsp3) is 0.614. The lowest BCUT2D eigenvalue weighted by molar-refractivity contribution is -0.129. The van der Waals surface area contributed by atoms with Gasteiger partial charge in [-0.3, -0.25) is 14.5 Å². The number of piperidine rings is 1. The monoisotopic (exact) mass is 818 g/mol. The smallest absolute Gasteiger partial charge is 0.410 e. The van der Waals surface area contributed by atoms with E-state index < -0.39 is 17.7 Å². The third-order valence-electron chi connectivity index (χ3n) is 10.2. The van der Waals surface area contributed by atoms with Crippen LogP contribution in [0.15, 0.2) is 36.4 Å². The zero-order valence-corrected chi connectivity index (χ0v) is 36.9. The van der Waals surface area contributed by atoms with Crippen molar-refractivity contribution in [2.75, 3.05) is 53.4 Å². The molecule has 1 amide bonds. The van der Waals surface area contributed by atoms with Gasteiger partial charge < -0.3 is 28.6 Å². The van der Waals surface area contributed by atoms with Gasteiger partial charge in [-0.1, -0.05) is 34.3 Å². The maximum absolute atomic E-state index is 13.0. The summed E-state index contributed by atoms with van der Waals surface area (Å²) in [6.45, 7) is 20.4. The average Bonchev–Trinajstić information content (AvgIpc) is 3.13. The van der Waals surface area contributed by atoms with Gasteiger partial charge in [0, 0.05) is 44.4 Å². The number of hydrogen-bond acceptors (Lipinski definition) is 9. The molecular weight excluding hydrogens is 755 g/mol. The van der Waals surface area contributed by atoms with E-state index in [1.807, 2.05) is 32.9 Å². The first-order chi connectivity index (χ1) is 26.4. The van der Waals surface area contributed by atoms with Gasteiger partial charge in [-0.15, -0.1) is 23.2 Å². The summed E-state index contributed by atoms with van der Waals surface area (Å²) in [5, 5.41) is 0.194. The molecule has 0 radical (unpaired) electrons. The van der Waals surface area contributed by atoms with E-state index in [0.29, 0.717) is 60.5 Å². The Morgan fingerprint density at radius 3 is 1.82 bits per heavy atom. The first kappa shape index (κ1) is 46.9. The normalized spacial score (nSPS) is 18.9. The van der Waals surface area contributed by atoms with Crippen molar-refractivity contribution < 1.29 is 38.1 Å². The maximum atomic E-state index is 13.0. The van der Waals surface area contributed by atoms with Crippen LogP contribution in [0.2, 0.25) is 0 Å². The van der Waals surface area contributed by atoms with Crippen LogP contribution in [0.3, 0.4) is 0 Å². The molecule has 0 saturated carbocycles. The summed E-state index contributed by atoms with van der Waals surface area (Å²) in [5.74, 6) is 4.23. The largest absolute Gasteiger partial charge is 0.493 e. The van der Waals surface area contributed by atoms with Crippen LogP contribution in [0.4, 0.5) is 4.79 Å². The zero-order valence-electron chi connectivity index (χ0n) is 35.4. The Balaban J connectivity index is 0.000000288. The molecule has 0 unspecified atom stereocenters. The number of halogens is 2. The van der Waals surface area contributed by atoms with Crippen molar-refractivity contribution in [3.8, 4) is 23.0 Å². The molecule has 3 atom stereocenters. The van der Waals surface area contributed by atoms with E-state index in [0.717, 1.165) is 48.6 Å². The van der Waals surface area contributed by atoms with Crippen LogP contribution in [0.5, 0.6) is 23.0 Å². The fourth-order valence-corrected chi connectivity index (χ4v) is 7.77. The van der Waals surface area contributed by atoms with Gasteiger partial charge >= 0.3 is 6.09 Å². The van der Waals surface area contributed by atoms with E-state index >= 15 is 0 Å². The van der Waals surface area contributed by atoms with Gasteiger partial charge in [0.1, 0.15) is 11.4 Å². The lowest BCUT2D eigenvalue weighted by atomic mass is 9.80. The van der Waals surface area contributed by atoms with Gasteiger partial charge in [0.05, 0.1) is 39.8 Å². The number of ketones is 2. The Morgan fingerprint density at radius 1 is 0.821 bits per heavy atom. The number of carbonyl (C=O) groups excluding carboxylic acids is 3. The number of Topliss-reactive ketones (excluding diaryl/α,β-unsaturated/α-hetero) is 2. The predicted octanol–water partition coefficient (Wildman–Crippen LogP) is 9.76. The standard InChI is InChI=1S/C24H35NO5.C19H27NO3.CH2Cl2/c1-15(2)11-16(3)20(26)14-19-18-13-22(29-8)21(28-7)12-17(18)9-10-25(19)23(27)30-24(4,5)6;1-12(2)7-14-11-20-6-5-13-8-18(22-3)19(23-4)9-15(13)16(20)10-17(14)21;2-1-3/h12-13,15,19H,3,9-11,14H2,1-2,4-8H3;8-9,12,14,16H,5-7,10-11H2,1-4H3;1H2/t19-;14-,16-;/m11./s1. The molecule has 0 bridgehead atoms. The molecule has 312 valence electrons. The molecule has 2 aromatic rings. The molecule has 5 rings (SSSR count). The molecule has 3 heterocycles. The highest BCUT2D eigenvalue weighted by Gasteiger charge is 2.39. The number of nitrogens with zero attached hydrogens (tertiary/aromatic N) is 2. The van der Waals surface area contributed by atoms with Crippen molar-refractivity contribution >= 4 is 40.9 Å². The Kier molecular flexibility index (Phi) is 17.9. The number of hydrogen-bond donors (Lipinski definition) is 0. The topological polar surface area (TPSA) is 104 Å². The Labute approximate surface area is 345 Å². The van der Waals surface area contributed by atoms with Crippen molar-refractivity contribution in [2.24, 2.45) is 17.8 Å². The van der Waals surface area contributed by atoms with Gasteiger partial charge in [-0.2, -0.15) is 0 Å². The second-order valence-corrected chi connectivity index (χ2v) is 17.2. The van der Waals surface area contributed by atoms with Crippen LogP contribution in [0.1, 0.15) is 108 Å². The number of allylic oxidation sites excluding steroid dienone is 1. The summed E-state index contributed by atoms with van der Waals surface area (Å²) in [5.41, 5.74) is 4.42. The first-order valence-electron chi connectivity index (χ1n) is 19.5. The van der Waals surface area contributed by atoms with Crippen molar-refractivity contribution in [3.05, 3.63) is 58.7 Å². The molecule has 3 aliphatic heterocycles. The number of ether oxygens (including phenoxy) is 5. The molecule has 12 heteroatoms. The molecular formula is C44H64Cl2N2O8. The summed E-state index contributed by atoms with van der Waals surface area (Å²) in [6.07, 6.45) is 3.65. The molecule has 0 aromatic heterocycles. The molecule has 10 nitrogen and oxygen atoms in total. The third kappa shape index (κ3) is 12.5. The Bertz CT molecular complexity index is 1670. The molecule has 3 aliphatic rings. The predicted molar refractivity (Wildman–Crippen MR) is 224 cm³/mol. The number of amides is 1. The number of benzene rings is 2. The third-order valence-corrected chi connectivity index (χ3v) is 10.2. The van der Waals surface area contributed by atoms with E-state index in [1.54, 1.807) is 33.3 Å². The number of rotatable bonds is 11. The SMILES string of the molecule is C=C(CC(C)C)C(=O)C[C@@H]1c2cc(OC)c(OC)cc2CCN1C(=O)OC(C)(C)C.COc1cc2c(cc1OC)[C@H]1CC(=O)[C@H](CC(C)C)CN1CC2.ClCCl. The molecule has 1 saturated heterocycles. The Morgan fingerprint density at radius 2 is 1.32 bits per heavy atom. The van der Waals surface area contributed by atoms with Crippen LogP contribution < -0.4 is 18.9 Å². The van der Waals surface area contributed by atoms with Crippen molar-refractivity contribution in [1.82, 2.24) is 9.80 Å². The van der Waals surface area contributed by atoms with E-state index in [9.17, 15) is 14.4 Å². The van der Waals surface area contributed by atoms with Gasteiger partial charge in [0.2, 0.25) is 0 Å². The van der Waals surface area contributed by atoms with E-state index in [4.69, 9.17) is 46.9 Å². The second kappa shape index (κ2) is 21.3. The van der Waals surface area contributed by atoms with E-state index in [1.165, 1.54) is 11.1 Å². The molecule has 2 aromatic carbocycles. The first-order valence-corrected chi connectivity index (χ1v) is 20.6. The van der Waals surface area contributed by atoms with Gasteiger partial charge in [-0.05, 0) is 110 Å². The van der Waals surface area contributed by atoms with Crippen molar-refractivity contribution in [3.63, 3.8) is 0 Å². The minimum Gasteiger partial charge on any atom is -0.493 e. The molecule has 56 heavy (non-hydrogen) atoms. The van der Waals surface area contributed by atoms with Gasteiger partial charge in [-0.25, -0.2) is 4.79 Å². The Hall–Kier alpha value is -3.47. The second-order valence-electron chi connectivity index (χ2n) is 16.4. The van der Waals surface area contributed by atoms with Crippen LogP contribution in [0, 0.1) is 17.8 Å². The van der Waals surface area contributed by atoms with Crippen LogP contribution >= 0.6 is 23.2 Å². The van der Waals surface area contributed by atoms with Crippen molar-refractivity contribution in [1.29, 1.82) is 0 Å². The van der Waals surface area contributed by atoms with Crippen LogP contribution in [-0.4, -0.2) is 86.5 Å². The molecule has 0 N–H and O–H groups in total. The van der Waals surface area contributed by atoms with Crippen LogP contribution in [0.25, 0.3) is 0 Å². The summed E-state index contributed by atoms with van der Waals surface area (Å²) >= 11 is 9.53. The van der Waals surface area contributed by atoms with Gasteiger partial charge in [0.15, 0.2) is 28.8 Å². The maximum Gasteiger partial charge on any atom is 0.410 e. The lowest BCUT2D eigenvalue weighted by Gasteiger charge is -2.43. The fourth-order valence-electron chi connectivity index (χ4n) is 7.77. The number of carbonyl (C=O) groups is 3. The van der Waals surface area contributed by atoms with Crippen LogP contribution in [-0.2, 0) is 27.2 Å². The summed E-state index contributed by atoms with van der Waals surface area (Å²) in [4.78, 5) is 42.6. The quantitative estimate of drug-likeness (QED) is 0.162. The highest BCUT2D eigenvalue weighted by Crippen LogP contribution is 2.43. The summed E-state index contributed by atoms with van der Waals surface area (Å²) in [7, 11) is 6.50. The average molecular weight is 820 g/mol. The van der Waals surface area contributed by atoms with Gasteiger partial charge in [0.25, 0.3) is 0 Å². The highest BCUT2D eigenvalue weighted by atomic mass is 35.5. The summed E-state index contributed by atoms with van der Waals surface area (Å²) in [6, 6.07) is 7.71. The minimum absolute atomic E-state index is 0.0371. The van der Waals surface area contributed by atoms with Crippen molar-refractivity contribution in [2.45, 2.75) is 105 Å². The van der Waals surface area contributed by atoms with E-state index in [2.05, 4.69) is 51.3 Å². The number of methoxy groups -OCH3 is 4. The molecule has 0 aliphatic carbocycles. The minimum atomic E-state index is -0.620. The van der Waals surface area contributed by atoms with E-state index in [-0.39, 0.29) is 29.5 Å². The molecule has 0 spiro atoms. The lowest BCUT2D eigenvalue weighted by Crippen LogP contribution is -2.46. The highest BCUT2D eigenvalue weighted by molar-refractivity contribution is 6.40. The summed E-state index contributed by atoms with van der Waals surface area (Å²) < 4.78 is 27.4. The molecule has 1 fully saturated rings. The zero-order chi connectivity index (χ0) is 41.9.